The zero-order chi connectivity index (χ0) is 68.1. The van der Waals surface area contributed by atoms with Gasteiger partial charge < -0.3 is 50.1 Å². The molecule has 4 aromatic rings. The minimum Gasteiger partial charge on any atom is -0.497 e. The van der Waals surface area contributed by atoms with Crippen LogP contribution in [0.25, 0.3) is 0 Å². The Morgan fingerprint density at radius 1 is 0.538 bits per heavy atom. The van der Waals surface area contributed by atoms with Crippen LogP contribution in [0, 0.1) is 34.0 Å². The van der Waals surface area contributed by atoms with Crippen LogP contribution < -0.4 is 25.2 Å². The number of benzene rings is 4. The molecular weight excluding hydrogens is 1300 g/mol. The van der Waals surface area contributed by atoms with Gasteiger partial charge in [-0.2, -0.15) is 0 Å². The maximum Gasteiger partial charge on any atom is 0.340 e. The lowest BCUT2D eigenvalue weighted by atomic mass is 9.70. The van der Waals surface area contributed by atoms with Gasteiger partial charge in [-0.25, -0.2) is 4.79 Å². The predicted octanol–water partition coefficient (Wildman–Crippen LogP) is 16.8. The van der Waals surface area contributed by atoms with Crippen LogP contribution in [0.1, 0.15) is 199 Å². The van der Waals surface area contributed by atoms with Crippen LogP contribution in [0.4, 0.5) is 11.4 Å². The number of carbonyl (C=O) groups excluding carboxylic acids is 3. The first-order valence-electron chi connectivity index (χ1n) is 34.3. The van der Waals surface area contributed by atoms with E-state index in [-0.39, 0.29) is 17.7 Å². The molecule has 93 heavy (non-hydrogen) atoms. The number of nitrogens with one attached hydrogen (secondary N) is 2. The monoisotopic (exact) mass is 1410 g/mol. The fourth-order valence-corrected chi connectivity index (χ4v) is 15.7. The van der Waals surface area contributed by atoms with E-state index < -0.39 is 11.6 Å². The highest BCUT2D eigenvalue weighted by Crippen LogP contribution is 2.44. The summed E-state index contributed by atoms with van der Waals surface area (Å²) in [6.45, 7) is 17.9. The summed E-state index contributed by atoms with van der Waals surface area (Å²) in [5.74, 6) is 1.96. The lowest BCUT2D eigenvalue weighted by molar-refractivity contribution is -0.157. The summed E-state index contributed by atoms with van der Waals surface area (Å²) >= 11 is 22.0. The summed E-state index contributed by atoms with van der Waals surface area (Å²) in [5, 5.41) is 26.9. The van der Waals surface area contributed by atoms with Gasteiger partial charge in [0.2, 0.25) is 0 Å². The first-order chi connectivity index (χ1) is 44.0. The Morgan fingerprint density at radius 3 is 1.27 bits per heavy atom. The normalized spacial score (nSPS) is 19.6. The number of aliphatic hydroxyl groups is 1. The third kappa shape index (κ3) is 23.9. The molecule has 18 heteroatoms. The Kier molecular flexibility index (Phi) is 30.5. The number of methoxy groups -OCH3 is 1. The summed E-state index contributed by atoms with van der Waals surface area (Å²) in [6, 6.07) is 23.3. The van der Waals surface area contributed by atoms with Crippen LogP contribution >= 0.6 is 50.7 Å². The average Bonchev–Trinajstić information content (AvgIpc) is 0.860. The van der Waals surface area contributed by atoms with Crippen molar-refractivity contribution in [1.82, 2.24) is 25.3 Å². The van der Waals surface area contributed by atoms with Crippen molar-refractivity contribution in [2.45, 2.75) is 168 Å². The molecule has 6 fully saturated rings. The lowest BCUT2D eigenvalue weighted by Crippen LogP contribution is -2.40. The molecule has 3 amide bonds. The second-order valence-electron chi connectivity index (χ2n) is 29.1. The Hall–Kier alpha value is -4.61. The summed E-state index contributed by atoms with van der Waals surface area (Å²) < 4.78 is 5.79. The van der Waals surface area contributed by atoms with E-state index in [4.69, 9.17) is 44.6 Å². The Morgan fingerprint density at radius 2 is 0.903 bits per heavy atom. The zero-order valence-corrected chi connectivity index (χ0v) is 61.8. The fourth-order valence-electron chi connectivity index (χ4n) is 14.4. The standard InChI is InChI=1S/C22H33ClN2O.C21H32ClN3O.C13H25N.C10H12O4.C9H9BrClNO/c1-22(16-17-7-5-4-6-8-17)11-13-25(14-12-22)18-9-10-19(20(23)15-18)21(26)24(2)3;1-21(15-16-6-10-23-11-7-16)8-12-25(13-9-21)17-4-5-18(19(22)14-17)20(26)24(2)3;1-13(7-9-14-10-8-13)11-12-5-3-2-4-6-12;1-10(13,9(11)12)7-4-3-5-8(6-7)14-2;1-12(2)9(13)7-4-3-6(10)5-8(7)11/h9-10,15,17H,4-8,11-14,16H2,1-3H3;4-5,14,16,23H,6-13,15H2,1-3H3;12,14H,2-11H2,1H3;3-6,13H,1-2H3,(H,11,12);3-5H,1-2H3/t;;;10-;/m...1./s1. The van der Waals surface area contributed by atoms with Crippen LogP contribution in [-0.4, -0.2) is 150 Å². The quantitative estimate of drug-likeness (QED) is 0.0952. The Bertz CT molecular complexity index is 2900. The van der Waals surface area contributed by atoms with Gasteiger partial charge in [-0.15, -0.1) is 0 Å². The van der Waals surface area contributed by atoms with E-state index in [1.807, 2.05) is 36.4 Å². The van der Waals surface area contributed by atoms with E-state index in [9.17, 15) is 24.3 Å². The minimum atomic E-state index is -1.88. The number of rotatable bonds is 14. The molecule has 4 heterocycles. The van der Waals surface area contributed by atoms with Crippen molar-refractivity contribution in [3.8, 4) is 5.75 Å². The molecule has 0 aromatic heterocycles. The molecule has 14 nitrogen and oxygen atoms in total. The molecule has 0 radical (unpaired) electrons. The number of carbonyl (C=O) groups is 4. The molecule has 2 aliphatic carbocycles. The topological polar surface area (TPSA) is 158 Å². The molecule has 6 aliphatic rings. The van der Waals surface area contributed by atoms with Crippen molar-refractivity contribution in [1.29, 1.82) is 0 Å². The average molecular weight is 1410 g/mol. The number of nitrogens with zero attached hydrogens (tertiary/aromatic N) is 5. The number of amides is 3. The van der Waals surface area contributed by atoms with Crippen molar-refractivity contribution >= 4 is 85.8 Å². The maximum atomic E-state index is 12.2. The lowest BCUT2D eigenvalue weighted by Gasteiger charge is -2.43. The molecule has 0 bridgehead atoms. The fraction of sp³-hybridized carbons (Fsp3) is 0.627. The van der Waals surface area contributed by atoms with E-state index in [0.717, 1.165) is 59.8 Å². The minimum absolute atomic E-state index is 0.0414. The third-order valence-corrected chi connectivity index (χ3v) is 22.0. The molecule has 4 aliphatic heterocycles. The number of ether oxygens (including phenoxy) is 1. The van der Waals surface area contributed by atoms with Crippen LogP contribution in [-0.2, 0) is 10.4 Å². The highest BCUT2D eigenvalue weighted by molar-refractivity contribution is 9.10. The van der Waals surface area contributed by atoms with Gasteiger partial charge in [-0.3, -0.25) is 14.4 Å². The van der Waals surface area contributed by atoms with Crippen molar-refractivity contribution in [3.05, 3.63) is 121 Å². The number of aliphatic carboxylic acids is 1. The van der Waals surface area contributed by atoms with Gasteiger partial charge in [-0.1, -0.05) is 148 Å². The van der Waals surface area contributed by atoms with Gasteiger partial charge >= 0.3 is 5.97 Å². The largest absolute Gasteiger partial charge is 0.497 e. The van der Waals surface area contributed by atoms with E-state index in [1.165, 1.54) is 192 Å². The first kappa shape index (κ1) is 77.4. The first-order valence-corrected chi connectivity index (χ1v) is 36.2. The molecule has 2 saturated carbocycles. The molecule has 10 rings (SSSR count). The third-order valence-electron chi connectivity index (χ3n) is 20.5. The van der Waals surface area contributed by atoms with Gasteiger partial charge in [0.15, 0.2) is 5.60 Å². The molecule has 1 atom stereocenters. The maximum absolute atomic E-state index is 12.2. The van der Waals surface area contributed by atoms with E-state index in [2.05, 4.69) is 57.1 Å². The summed E-state index contributed by atoms with van der Waals surface area (Å²) in [4.78, 5) is 56.0. The van der Waals surface area contributed by atoms with Crippen LogP contribution in [0.5, 0.6) is 5.75 Å². The molecule has 4 aromatic carbocycles. The van der Waals surface area contributed by atoms with E-state index >= 15 is 0 Å². The molecule has 0 unspecified atom stereocenters. The molecule has 4 saturated heterocycles. The van der Waals surface area contributed by atoms with E-state index in [1.54, 1.807) is 82.4 Å². The van der Waals surface area contributed by atoms with Crippen molar-refractivity contribution in [3.63, 3.8) is 0 Å². The van der Waals surface area contributed by atoms with Gasteiger partial charge in [-0.05, 0) is 210 Å². The number of hydrogen-bond acceptors (Lipinski definition) is 10. The van der Waals surface area contributed by atoms with Crippen LogP contribution in [0.3, 0.4) is 0 Å². The number of carboxylic acid groups (broad SMARTS) is 1. The van der Waals surface area contributed by atoms with Gasteiger partial charge in [0.1, 0.15) is 5.75 Å². The van der Waals surface area contributed by atoms with Crippen molar-refractivity contribution < 1.29 is 34.1 Å². The van der Waals surface area contributed by atoms with Gasteiger partial charge in [0.25, 0.3) is 17.7 Å². The second kappa shape index (κ2) is 36.7. The highest BCUT2D eigenvalue weighted by atomic mass is 79.9. The van der Waals surface area contributed by atoms with E-state index in [0.29, 0.717) is 59.3 Å². The molecular formula is C75H111BrCl3N7O7. The second-order valence-corrected chi connectivity index (χ2v) is 31.3. The Labute approximate surface area is 581 Å². The molecule has 0 spiro atoms. The zero-order valence-electron chi connectivity index (χ0n) is 57.9. The highest BCUT2D eigenvalue weighted by Gasteiger charge is 2.36. The molecule has 4 N–H and O–H groups in total. The number of halogens is 4. The number of hydrogen-bond donors (Lipinski definition) is 4. The summed E-state index contributed by atoms with van der Waals surface area (Å²) in [7, 11) is 11.9. The smallest absolute Gasteiger partial charge is 0.340 e. The SMILES string of the molecule is CC1(CC2CCCCC2)CCNCC1.CN(C)C(=O)c1ccc(Br)cc1Cl.CN(C)C(=O)c1ccc(N2CCC(C)(CC3CCCCC3)CC2)cc1Cl.CN(C)C(=O)c1ccc(N2CCC(C)(CC3CCNCC3)CC2)cc1Cl.COc1cccc([C@@](C)(O)C(=O)O)c1. The number of piperidine rings is 4. The van der Waals surface area contributed by atoms with Crippen LogP contribution in [0.15, 0.2) is 83.3 Å². The number of carboxylic acids is 1. The van der Waals surface area contributed by atoms with Gasteiger partial charge in [0, 0.05) is 84.3 Å². The summed E-state index contributed by atoms with van der Waals surface area (Å²) in [5.41, 5.74) is 4.00. The number of anilines is 2. The van der Waals surface area contributed by atoms with Crippen molar-refractivity contribution in [2.24, 2.45) is 34.0 Å². The van der Waals surface area contributed by atoms with Crippen molar-refractivity contribution in [2.75, 3.05) is 112 Å². The van der Waals surface area contributed by atoms with Crippen LogP contribution in [0.2, 0.25) is 15.1 Å². The molecule has 516 valence electrons. The van der Waals surface area contributed by atoms with Gasteiger partial charge in [0.05, 0.1) is 38.9 Å². The summed E-state index contributed by atoms with van der Waals surface area (Å²) in [6.07, 6.45) is 29.4. The Balaban J connectivity index is 0.000000191. The predicted molar refractivity (Wildman–Crippen MR) is 388 cm³/mol.